The van der Waals surface area contributed by atoms with E-state index in [1.807, 2.05) is 40.7 Å². The number of amides is 2. The number of fused-ring (bicyclic) bond motifs is 2. The maximum atomic E-state index is 13.9. The third kappa shape index (κ3) is 16.7. The van der Waals surface area contributed by atoms with Gasteiger partial charge in [0.1, 0.15) is 11.0 Å². The molecule has 0 atom stereocenters. The number of halogens is 2. The molecule has 2 saturated heterocycles. The molecule has 0 bridgehead atoms. The highest BCUT2D eigenvalue weighted by atomic mass is 35.5. The molecule has 3 N–H and O–H groups in total. The van der Waals surface area contributed by atoms with Gasteiger partial charge in [-0.05, 0) is 137 Å². The van der Waals surface area contributed by atoms with Gasteiger partial charge in [0.25, 0.3) is 11.8 Å². The summed E-state index contributed by atoms with van der Waals surface area (Å²) in [6.07, 6.45) is 12.3. The van der Waals surface area contributed by atoms with Gasteiger partial charge in [0.05, 0.1) is 37.8 Å². The fourth-order valence-electron chi connectivity index (χ4n) is 11.8. The van der Waals surface area contributed by atoms with Crippen molar-refractivity contribution in [3.05, 3.63) is 99.5 Å². The number of esters is 1. The lowest BCUT2D eigenvalue weighted by Crippen LogP contribution is -3.00. The molecule has 0 radical (unpaired) electrons. The molecule has 2 amide bonds. The highest BCUT2D eigenvalue weighted by Gasteiger charge is 2.41. The number of hydrogen-bond donors (Lipinski definition) is 2. The van der Waals surface area contributed by atoms with E-state index in [0.29, 0.717) is 65.4 Å². The van der Waals surface area contributed by atoms with Crippen LogP contribution in [0.15, 0.2) is 57.6 Å². The zero-order valence-corrected chi connectivity index (χ0v) is 52.8. The molecule has 2 aliphatic carbocycles. The Labute approximate surface area is 522 Å². The lowest BCUT2D eigenvalue weighted by atomic mass is 9.72. The van der Waals surface area contributed by atoms with Gasteiger partial charge in [-0.3, -0.25) is 9.59 Å². The van der Waals surface area contributed by atoms with Crippen LogP contribution in [0, 0.1) is 10.8 Å². The van der Waals surface area contributed by atoms with Crippen molar-refractivity contribution in [1.82, 2.24) is 39.7 Å². The number of rotatable bonds is 7. The van der Waals surface area contributed by atoms with E-state index in [9.17, 15) is 24.3 Å². The van der Waals surface area contributed by atoms with Crippen LogP contribution in [-0.2, 0) is 15.6 Å². The number of carboxylic acid groups (broad SMARTS) is 1. The van der Waals surface area contributed by atoms with Crippen molar-refractivity contribution in [2.24, 2.45) is 10.8 Å². The average Bonchev–Trinajstić information content (AvgIpc) is 1.91. The second-order valence-electron chi connectivity index (χ2n) is 27.7. The standard InChI is InChI=1S/C31H41N5O4.C26H39N3O2.C6H5ClN2O2.3CH4.ClH/c1-29(2,3)20-16-22(19-8-11-30(4,5)12-9-19)33-23-17-24(40-25(20)23)26(37)36-15-14-35(18-31(36,6)7)28-32-13-10-21(34-28)27(38)39;1-24(2,3)18-14-19(17-8-10-25(4,5)11-9-17)28-20-15-21(31-22(18)20)23(30)29-13-12-27-16-26(29,6)7;1-11-5(10)4-2-3-8-6(7)9-4;;;;/h10,13,16-17,19H,8-9,11-12,14-15,18H2,1-7H3,(H,38,39);14-15,17,27H,8-13,16H2,1-7H3;2-3H,1H3;3*1H4;1H. The summed E-state index contributed by atoms with van der Waals surface area (Å²) in [6.45, 7) is 34.7. The maximum Gasteiger partial charge on any atom is 0.356 e. The number of hydrogen-bond acceptors (Lipinski definition) is 14. The summed E-state index contributed by atoms with van der Waals surface area (Å²) >= 11 is 5.42. The van der Waals surface area contributed by atoms with E-state index in [4.69, 9.17) is 30.4 Å². The third-order valence-electron chi connectivity index (χ3n) is 17.0. The molecule has 8 heterocycles. The normalized spacial score (nSPS) is 18.3. The van der Waals surface area contributed by atoms with Crippen molar-refractivity contribution in [1.29, 1.82) is 0 Å². The molecule has 0 spiro atoms. The summed E-state index contributed by atoms with van der Waals surface area (Å²) in [5.74, 6) is 0.160. The quantitative estimate of drug-likeness (QED) is 0.112. The van der Waals surface area contributed by atoms with Gasteiger partial charge < -0.3 is 51.1 Å². The Balaban J connectivity index is 0.000000306. The van der Waals surface area contributed by atoms with Crippen LogP contribution in [0.3, 0.4) is 0 Å². The van der Waals surface area contributed by atoms with Crippen LogP contribution in [0.1, 0.15) is 247 Å². The number of carbonyl (C=O) groups excluding carboxylic acids is 3. The van der Waals surface area contributed by atoms with Crippen LogP contribution >= 0.6 is 11.6 Å². The van der Waals surface area contributed by atoms with Crippen molar-refractivity contribution < 1.29 is 55.6 Å². The predicted molar refractivity (Wildman–Crippen MR) is 337 cm³/mol. The van der Waals surface area contributed by atoms with E-state index < -0.39 is 17.5 Å². The van der Waals surface area contributed by atoms with Gasteiger partial charge in [0.15, 0.2) is 34.1 Å². The van der Waals surface area contributed by atoms with Crippen LogP contribution in [-0.4, -0.2) is 126 Å². The van der Waals surface area contributed by atoms with Crippen LogP contribution in [0.4, 0.5) is 5.95 Å². The molecular formula is C66H98Cl2N10O8. The van der Waals surface area contributed by atoms with Crippen molar-refractivity contribution in [2.45, 2.75) is 204 Å². The average molecular weight is 1230 g/mol. The fourth-order valence-corrected chi connectivity index (χ4v) is 12.0. The molecule has 2 aliphatic heterocycles. The highest BCUT2D eigenvalue weighted by molar-refractivity contribution is 6.28. The Morgan fingerprint density at radius 1 is 0.640 bits per heavy atom. The fraction of sp³-hybridized carbons (Fsp3) is 0.606. The molecule has 2 saturated carbocycles. The van der Waals surface area contributed by atoms with Crippen molar-refractivity contribution in [3.8, 4) is 0 Å². The molecule has 86 heavy (non-hydrogen) atoms. The first-order chi connectivity index (χ1) is 38.3. The molecule has 6 aromatic heterocycles. The Hall–Kier alpha value is -6.24. The zero-order chi connectivity index (χ0) is 59.9. The molecule has 10 rings (SSSR count). The van der Waals surface area contributed by atoms with Gasteiger partial charge in [-0.15, -0.1) is 0 Å². The molecule has 20 heteroatoms. The summed E-state index contributed by atoms with van der Waals surface area (Å²) in [5, 5.41) is 11.6. The topological polar surface area (TPSA) is 228 Å². The predicted octanol–water partition coefficient (Wildman–Crippen LogP) is 10.5. The number of nitrogens with zero attached hydrogens (tertiary/aromatic N) is 9. The van der Waals surface area contributed by atoms with Gasteiger partial charge in [-0.2, -0.15) is 0 Å². The zero-order valence-electron chi connectivity index (χ0n) is 51.3. The van der Waals surface area contributed by atoms with E-state index in [1.165, 1.54) is 75.9 Å². The molecular weight excluding hydrogens is 1130 g/mol. The number of carbonyl (C=O) groups is 4. The van der Waals surface area contributed by atoms with Gasteiger partial charge in [-0.25, -0.2) is 39.5 Å². The van der Waals surface area contributed by atoms with E-state index in [1.54, 1.807) is 0 Å². The summed E-state index contributed by atoms with van der Waals surface area (Å²) in [7, 11) is 1.28. The Morgan fingerprint density at radius 3 is 1.51 bits per heavy atom. The number of ether oxygens (including phenoxy) is 1. The summed E-state index contributed by atoms with van der Waals surface area (Å²) in [5.41, 5.74) is 7.45. The number of nitrogens with two attached hydrogens (primary N) is 1. The first-order valence-corrected chi connectivity index (χ1v) is 29.4. The smallest absolute Gasteiger partial charge is 0.356 e. The number of furan rings is 2. The van der Waals surface area contributed by atoms with Gasteiger partial charge >= 0.3 is 11.9 Å². The van der Waals surface area contributed by atoms with Crippen LogP contribution in [0.5, 0.6) is 0 Å². The molecule has 0 aromatic carbocycles. The van der Waals surface area contributed by atoms with E-state index in [-0.39, 0.29) is 79.5 Å². The van der Waals surface area contributed by atoms with Crippen molar-refractivity contribution >= 4 is 63.5 Å². The third-order valence-corrected chi connectivity index (χ3v) is 17.2. The number of pyridine rings is 2. The number of quaternary nitrogens is 1. The number of piperazine rings is 2. The Bertz CT molecular complexity index is 3320. The van der Waals surface area contributed by atoms with Crippen LogP contribution in [0.25, 0.3) is 22.2 Å². The second-order valence-corrected chi connectivity index (χ2v) is 28.0. The maximum absolute atomic E-state index is 13.9. The molecule has 4 aliphatic rings. The minimum atomic E-state index is -1.10. The van der Waals surface area contributed by atoms with Crippen molar-refractivity contribution in [3.63, 3.8) is 0 Å². The first-order valence-electron chi connectivity index (χ1n) is 29.0. The molecule has 0 unspecified atom stereocenters. The highest BCUT2D eigenvalue weighted by Crippen LogP contribution is 2.46. The number of aromatic carboxylic acids is 1. The largest absolute Gasteiger partial charge is 1.00 e. The second kappa shape index (κ2) is 27.9. The van der Waals surface area contributed by atoms with Gasteiger partial charge in [0, 0.05) is 78.5 Å². The lowest BCUT2D eigenvalue weighted by Gasteiger charge is -2.46. The van der Waals surface area contributed by atoms with Crippen LogP contribution < -0.4 is 22.6 Å². The van der Waals surface area contributed by atoms with Gasteiger partial charge in [-0.1, -0.05) is 91.5 Å². The lowest BCUT2D eigenvalue weighted by molar-refractivity contribution is -0.673. The summed E-state index contributed by atoms with van der Waals surface area (Å²) in [6, 6.07) is 11.0. The number of methoxy groups -OCH3 is 1. The summed E-state index contributed by atoms with van der Waals surface area (Å²) in [4.78, 5) is 80.9. The summed E-state index contributed by atoms with van der Waals surface area (Å²) < 4.78 is 17.0. The monoisotopic (exact) mass is 1230 g/mol. The Morgan fingerprint density at radius 2 is 1.09 bits per heavy atom. The van der Waals surface area contributed by atoms with Crippen LogP contribution in [0.2, 0.25) is 5.28 Å². The number of carboxylic acids is 1. The van der Waals surface area contributed by atoms with Crippen molar-refractivity contribution in [2.75, 3.05) is 51.3 Å². The minimum Gasteiger partial charge on any atom is -1.00 e. The van der Waals surface area contributed by atoms with E-state index in [2.05, 4.69) is 125 Å². The molecule has 4 fully saturated rings. The van der Waals surface area contributed by atoms with Gasteiger partial charge in [0.2, 0.25) is 11.2 Å². The number of anilines is 1. The first kappa shape index (κ1) is 72.2. The SMILES string of the molecule is C.C.C.CC1(C)CCC(c2cc(C(C)(C)C)c3oc(C(=O)N4CCN(c5nccc(C(=O)O)n5)CC4(C)C)cc3n2)CC1.CC1(C)CCC(c2cc(C(C)(C)C)c3oc(C(=O)N4CC[NH2+]CC4(C)C)cc3n2)CC1.COC(=O)c1ccnc(Cl)n1.[Cl-]. The minimum absolute atomic E-state index is 0. The molecule has 6 aromatic rings. The van der Waals surface area contributed by atoms with E-state index in [0.717, 1.165) is 65.9 Å². The Kier molecular flexibility index (Phi) is 23.4. The molecule has 474 valence electrons. The van der Waals surface area contributed by atoms with E-state index >= 15 is 0 Å². The number of aromatic nitrogens is 6. The molecule has 18 nitrogen and oxygen atoms in total.